The van der Waals surface area contributed by atoms with Crippen LogP contribution in [0.1, 0.15) is 17.3 Å². The van der Waals surface area contributed by atoms with E-state index in [-0.39, 0.29) is 5.91 Å². The first kappa shape index (κ1) is 16.1. The maximum absolute atomic E-state index is 12.4. The molecule has 0 spiro atoms. The van der Waals surface area contributed by atoms with Gasteiger partial charge in [-0.2, -0.15) is 0 Å². The fraction of sp³-hybridized carbons (Fsp3) is 0.133. The van der Waals surface area contributed by atoms with Crippen molar-refractivity contribution in [2.75, 3.05) is 17.2 Å². The molecule has 2 rings (SSSR count). The molecular formula is C15H13BrCl2N2O. The standard InChI is InChI=1S/C15H13BrCl2N2O/c1-2-19-13-5-3-9(17)7-11(13)15(21)20-14-6-4-10(18)8-12(14)16/h3-8,19H,2H2,1H3,(H,20,21). The summed E-state index contributed by atoms with van der Waals surface area (Å²) in [5, 5.41) is 7.08. The summed E-state index contributed by atoms with van der Waals surface area (Å²) in [5.41, 5.74) is 1.88. The monoisotopic (exact) mass is 386 g/mol. The number of hydrogen-bond donors (Lipinski definition) is 2. The van der Waals surface area contributed by atoms with Crippen LogP contribution in [0.4, 0.5) is 11.4 Å². The molecule has 21 heavy (non-hydrogen) atoms. The molecule has 0 radical (unpaired) electrons. The highest BCUT2D eigenvalue weighted by Crippen LogP contribution is 2.28. The van der Waals surface area contributed by atoms with Gasteiger partial charge < -0.3 is 10.6 Å². The third kappa shape index (κ3) is 4.13. The number of benzene rings is 2. The summed E-state index contributed by atoms with van der Waals surface area (Å²) in [6.07, 6.45) is 0. The van der Waals surface area contributed by atoms with Gasteiger partial charge in [-0.1, -0.05) is 23.2 Å². The van der Waals surface area contributed by atoms with Crippen molar-refractivity contribution in [1.82, 2.24) is 0 Å². The summed E-state index contributed by atoms with van der Waals surface area (Å²) in [6.45, 7) is 2.68. The molecule has 0 aliphatic heterocycles. The summed E-state index contributed by atoms with van der Waals surface area (Å²) >= 11 is 15.2. The number of amides is 1. The Kier molecular flexibility index (Phi) is 5.51. The predicted molar refractivity (Wildman–Crippen MR) is 92.7 cm³/mol. The van der Waals surface area contributed by atoms with Crippen molar-refractivity contribution in [3.05, 3.63) is 56.5 Å². The third-order valence-corrected chi connectivity index (χ3v) is 3.90. The largest absolute Gasteiger partial charge is 0.385 e. The van der Waals surface area contributed by atoms with Crippen LogP contribution in [0.2, 0.25) is 10.0 Å². The lowest BCUT2D eigenvalue weighted by Crippen LogP contribution is -2.15. The third-order valence-electron chi connectivity index (χ3n) is 2.77. The van der Waals surface area contributed by atoms with Gasteiger partial charge in [-0.05, 0) is 59.3 Å². The van der Waals surface area contributed by atoms with E-state index < -0.39 is 0 Å². The van der Waals surface area contributed by atoms with Crippen LogP contribution in [0.25, 0.3) is 0 Å². The molecule has 2 aromatic rings. The Hall–Kier alpha value is -1.23. The SMILES string of the molecule is CCNc1ccc(Cl)cc1C(=O)Nc1ccc(Cl)cc1Br. The molecule has 0 bridgehead atoms. The molecule has 0 saturated carbocycles. The van der Waals surface area contributed by atoms with E-state index in [2.05, 4.69) is 26.6 Å². The zero-order chi connectivity index (χ0) is 15.4. The zero-order valence-corrected chi connectivity index (χ0v) is 14.3. The summed E-state index contributed by atoms with van der Waals surface area (Å²) < 4.78 is 0.718. The number of hydrogen-bond acceptors (Lipinski definition) is 2. The molecule has 0 atom stereocenters. The first-order valence-electron chi connectivity index (χ1n) is 6.31. The molecule has 110 valence electrons. The van der Waals surface area contributed by atoms with Crippen molar-refractivity contribution in [2.45, 2.75) is 6.92 Å². The van der Waals surface area contributed by atoms with Gasteiger partial charge in [0.05, 0.1) is 11.3 Å². The lowest BCUT2D eigenvalue weighted by Gasteiger charge is -2.12. The van der Waals surface area contributed by atoms with Crippen molar-refractivity contribution in [3.63, 3.8) is 0 Å². The molecule has 6 heteroatoms. The maximum Gasteiger partial charge on any atom is 0.257 e. The van der Waals surface area contributed by atoms with E-state index >= 15 is 0 Å². The van der Waals surface area contributed by atoms with Crippen molar-refractivity contribution in [3.8, 4) is 0 Å². The van der Waals surface area contributed by atoms with Crippen molar-refractivity contribution < 1.29 is 4.79 Å². The van der Waals surface area contributed by atoms with E-state index in [4.69, 9.17) is 23.2 Å². The van der Waals surface area contributed by atoms with E-state index in [0.29, 0.717) is 27.8 Å². The van der Waals surface area contributed by atoms with Crippen LogP contribution >= 0.6 is 39.1 Å². The summed E-state index contributed by atoms with van der Waals surface area (Å²) in [5.74, 6) is -0.239. The van der Waals surface area contributed by atoms with E-state index in [1.807, 2.05) is 6.92 Å². The summed E-state index contributed by atoms with van der Waals surface area (Å²) in [4.78, 5) is 12.4. The molecule has 1 amide bonds. The van der Waals surface area contributed by atoms with Gasteiger partial charge >= 0.3 is 0 Å². The normalized spacial score (nSPS) is 10.3. The summed E-state index contributed by atoms with van der Waals surface area (Å²) in [6, 6.07) is 10.3. The van der Waals surface area contributed by atoms with Crippen molar-refractivity contribution >= 4 is 56.4 Å². The molecule has 0 aliphatic rings. The molecule has 0 saturated heterocycles. The van der Waals surface area contributed by atoms with Crippen LogP contribution < -0.4 is 10.6 Å². The Balaban J connectivity index is 2.29. The summed E-state index contributed by atoms with van der Waals surface area (Å²) in [7, 11) is 0. The Morgan fingerprint density at radius 3 is 2.33 bits per heavy atom. The lowest BCUT2D eigenvalue weighted by atomic mass is 10.1. The Morgan fingerprint density at radius 1 is 1.10 bits per heavy atom. The number of halogens is 3. The molecule has 0 unspecified atom stereocenters. The van der Waals surface area contributed by atoms with Crippen molar-refractivity contribution in [2.24, 2.45) is 0 Å². The number of anilines is 2. The zero-order valence-electron chi connectivity index (χ0n) is 11.2. The Morgan fingerprint density at radius 2 is 1.71 bits per heavy atom. The first-order chi connectivity index (χ1) is 10.0. The van der Waals surface area contributed by atoms with Gasteiger partial charge in [0.2, 0.25) is 0 Å². The van der Waals surface area contributed by atoms with E-state index in [1.165, 1.54) is 0 Å². The number of rotatable bonds is 4. The molecule has 2 aromatic carbocycles. The molecular weight excluding hydrogens is 375 g/mol. The minimum Gasteiger partial charge on any atom is -0.385 e. The van der Waals surface area contributed by atoms with Gasteiger partial charge in [0.1, 0.15) is 0 Å². The van der Waals surface area contributed by atoms with E-state index in [1.54, 1.807) is 36.4 Å². The number of carbonyl (C=O) groups excluding carboxylic acids is 1. The van der Waals surface area contributed by atoms with Crippen LogP contribution in [-0.4, -0.2) is 12.5 Å². The lowest BCUT2D eigenvalue weighted by molar-refractivity contribution is 0.102. The minimum absolute atomic E-state index is 0.239. The average Bonchev–Trinajstić information content (AvgIpc) is 2.44. The average molecular weight is 388 g/mol. The molecule has 0 aromatic heterocycles. The second-order valence-corrected chi connectivity index (χ2v) is 6.03. The number of nitrogens with one attached hydrogen (secondary N) is 2. The highest BCUT2D eigenvalue weighted by atomic mass is 79.9. The topological polar surface area (TPSA) is 41.1 Å². The highest BCUT2D eigenvalue weighted by molar-refractivity contribution is 9.10. The van der Waals surface area contributed by atoms with Gasteiger partial charge in [0.15, 0.2) is 0 Å². The predicted octanol–water partition coefficient (Wildman–Crippen LogP) is 5.44. The van der Waals surface area contributed by atoms with Gasteiger partial charge in [-0.25, -0.2) is 0 Å². The Labute approximate surface area is 141 Å². The van der Waals surface area contributed by atoms with Gasteiger partial charge in [-0.3, -0.25) is 4.79 Å². The first-order valence-corrected chi connectivity index (χ1v) is 7.86. The smallest absolute Gasteiger partial charge is 0.257 e. The second kappa shape index (κ2) is 7.16. The van der Waals surface area contributed by atoms with E-state index in [0.717, 1.165) is 10.2 Å². The second-order valence-electron chi connectivity index (χ2n) is 4.30. The molecule has 2 N–H and O–H groups in total. The van der Waals surface area contributed by atoms with Crippen LogP contribution in [0.5, 0.6) is 0 Å². The minimum atomic E-state index is -0.239. The van der Waals surface area contributed by atoms with Crippen LogP contribution in [0.15, 0.2) is 40.9 Å². The van der Waals surface area contributed by atoms with E-state index in [9.17, 15) is 4.79 Å². The van der Waals surface area contributed by atoms with Gasteiger partial charge in [0.25, 0.3) is 5.91 Å². The number of carbonyl (C=O) groups is 1. The molecule has 0 heterocycles. The fourth-order valence-electron chi connectivity index (χ4n) is 1.83. The highest BCUT2D eigenvalue weighted by Gasteiger charge is 2.13. The fourth-order valence-corrected chi connectivity index (χ4v) is 2.78. The van der Waals surface area contributed by atoms with Gasteiger partial charge in [0, 0.05) is 26.8 Å². The van der Waals surface area contributed by atoms with Crippen LogP contribution in [0.3, 0.4) is 0 Å². The molecule has 3 nitrogen and oxygen atoms in total. The maximum atomic E-state index is 12.4. The quantitative estimate of drug-likeness (QED) is 0.733. The Bertz CT molecular complexity index is 677. The van der Waals surface area contributed by atoms with Crippen molar-refractivity contribution in [1.29, 1.82) is 0 Å². The van der Waals surface area contributed by atoms with Crippen LogP contribution in [0, 0.1) is 0 Å². The molecule has 0 fully saturated rings. The molecule has 0 aliphatic carbocycles. The van der Waals surface area contributed by atoms with Gasteiger partial charge in [-0.15, -0.1) is 0 Å². The van der Waals surface area contributed by atoms with Crippen LogP contribution in [-0.2, 0) is 0 Å².